The van der Waals surface area contributed by atoms with Crippen molar-refractivity contribution in [1.29, 1.82) is 0 Å². The normalized spacial score (nSPS) is 28.2. The van der Waals surface area contributed by atoms with Gasteiger partial charge in [0.05, 0.1) is 31.9 Å². The van der Waals surface area contributed by atoms with E-state index in [1.165, 1.54) is 21.8 Å². The average molecular weight is 1300 g/mol. The molecule has 3 saturated heterocycles. The number of hydrogen-bond acceptors (Lipinski definition) is 25. The summed E-state index contributed by atoms with van der Waals surface area (Å²) in [5.41, 5.74) is 18.6. The van der Waals surface area contributed by atoms with Crippen LogP contribution in [-0.4, -0.2) is 161 Å². The average Bonchev–Trinajstić information content (AvgIpc) is 1.90. The molecule has 472 valence electrons. The lowest BCUT2D eigenvalue weighted by atomic mass is 9.92. The van der Waals surface area contributed by atoms with Crippen LogP contribution >= 0.6 is 25.8 Å². The van der Waals surface area contributed by atoms with Crippen LogP contribution in [0.25, 0.3) is 22.3 Å². The van der Waals surface area contributed by atoms with Gasteiger partial charge >= 0.3 is 31.8 Å². The number of imidazole rings is 2. The molecule has 4 fully saturated rings. The van der Waals surface area contributed by atoms with Crippen LogP contribution in [0.4, 0.5) is 36.1 Å². The van der Waals surface area contributed by atoms with Gasteiger partial charge in [-0.05, 0) is 67.5 Å². The first-order chi connectivity index (χ1) is 41.5. The number of urea groups is 1. The third-order valence-corrected chi connectivity index (χ3v) is 17.6. The van der Waals surface area contributed by atoms with Gasteiger partial charge in [-0.1, -0.05) is 51.6 Å². The van der Waals surface area contributed by atoms with Crippen molar-refractivity contribution in [3.05, 3.63) is 55.1 Å². The van der Waals surface area contributed by atoms with Crippen LogP contribution in [-0.2, 0) is 79.1 Å². The van der Waals surface area contributed by atoms with Crippen molar-refractivity contribution >= 4 is 113 Å². The third-order valence-electron chi connectivity index (χ3n) is 14.5. The van der Waals surface area contributed by atoms with Crippen LogP contribution in [0.1, 0.15) is 83.7 Å². The van der Waals surface area contributed by atoms with Crippen LogP contribution in [0, 0.1) is 5.92 Å². The number of ether oxygens (including phenoxy) is 5. The summed E-state index contributed by atoms with van der Waals surface area (Å²) in [6.07, 6.45) is -9.02. The lowest BCUT2D eigenvalue weighted by Crippen LogP contribution is -2.54. The Labute approximate surface area is 505 Å². The Morgan fingerprint density at radius 1 is 0.851 bits per heavy atom. The standard InChI is InChI=1S/C49H65FN16O17P2S2/c1-4-31(67)64-33(23(2)3)44(69)62-27(9-7-15-54-47(53)70)43(68)61-25-13-11-24(12-14-25)16-75-48(71)63-26-8-5-6-10-28(26)80-49(72)81-38-37-30(79-46(38)66-22-60-35-40(52)56-20-58-42(35)66)18-77-84(73,86)82-36-29(17-76-85(74,87)83-37)78-45(32(36)50)65-21-59-34-39(51)55-19-57-41(34)65/h11-14,19-23,26-30,32-33,36-38,45-46H,4-10,15-18H2,1-3H3,(H,61,68)(H,62,69)(H,63,71)(H,64,67)(H,73,86)(H,74,87)(H2,51,55,57)(H2,52,56,58)(H3,53,54,70)/t26-,27+,28-,29?,30-,32-,33+,36-,37-,38-,45-,46-,84?,85?/m1/s1. The van der Waals surface area contributed by atoms with E-state index >= 15 is 4.39 Å². The molecule has 6 amide bonds. The summed E-state index contributed by atoms with van der Waals surface area (Å²) in [4.78, 5) is 114. The maximum atomic E-state index is 16.5. The zero-order valence-electron chi connectivity index (χ0n) is 46.8. The highest BCUT2D eigenvalue weighted by Gasteiger charge is 2.55. The van der Waals surface area contributed by atoms with Crippen molar-refractivity contribution in [3.63, 3.8) is 0 Å². The van der Waals surface area contributed by atoms with Gasteiger partial charge in [0.15, 0.2) is 47.7 Å². The van der Waals surface area contributed by atoms with E-state index in [0.29, 0.717) is 30.5 Å². The highest BCUT2D eigenvalue weighted by Crippen LogP contribution is 2.59. The number of anilines is 3. The van der Waals surface area contributed by atoms with Crippen LogP contribution < -0.4 is 43.8 Å². The Kier molecular flexibility index (Phi) is 20.8. The number of thiol groups is 1. The summed E-state index contributed by atoms with van der Waals surface area (Å²) in [5.74, 6) is -1.79. The van der Waals surface area contributed by atoms with Crippen molar-refractivity contribution in [1.82, 2.24) is 60.3 Å². The second kappa shape index (κ2) is 28.0. The lowest BCUT2D eigenvalue weighted by Gasteiger charge is -2.32. The number of nitrogens with zero attached hydrogens (tertiary/aromatic N) is 8. The van der Waals surface area contributed by atoms with Gasteiger partial charge in [-0.25, -0.2) is 53.2 Å². The Balaban J connectivity index is 0.851. The molecule has 5 aromatic rings. The summed E-state index contributed by atoms with van der Waals surface area (Å²) in [6, 6.07) is 2.80. The molecule has 1 saturated carbocycles. The number of carbonyl (C=O) groups is 6. The van der Waals surface area contributed by atoms with E-state index in [1.54, 1.807) is 45.0 Å². The SMILES string of the molecule is CCC(=O)N[C@H](C(=O)N[C@@H](CCCNC(N)=O)C(=O)Nc1ccc(COC(=O)N[C@@H]2CCCC[C@H]2OC(=O)O[C@@H]2[C@@H]3OP(O)(=S)OCC4O[C@@H](n5cnc6c(N)ncnc65)[C@H](F)[C@@H]4OP(=O)(S)OC[C@H]3O[C@H]2n2cnc3c(N)ncnc32)cc1)C(C)C. The van der Waals surface area contributed by atoms with Crippen molar-refractivity contribution in [2.45, 2.75) is 146 Å². The maximum Gasteiger partial charge on any atom is 0.509 e. The smallest absolute Gasteiger partial charge is 0.445 e. The van der Waals surface area contributed by atoms with E-state index in [9.17, 15) is 38.2 Å². The molecule has 33 nitrogen and oxygen atoms in total. The highest BCUT2D eigenvalue weighted by molar-refractivity contribution is 8.44. The van der Waals surface area contributed by atoms with E-state index < -0.39 is 130 Å². The van der Waals surface area contributed by atoms with Gasteiger partial charge in [0, 0.05) is 18.7 Å². The Morgan fingerprint density at radius 2 is 1.48 bits per heavy atom. The third kappa shape index (κ3) is 15.8. The van der Waals surface area contributed by atoms with E-state index in [0.717, 1.165) is 12.7 Å². The minimum atomic E-state index is -4.60. The first kappa shape index (κ1) is 64.5. The summed E-state index contributed by atoms with van der Waals surface area (Å²) >= 11 is 9.64. The predicted octanol–water partition coefficient (Wildman–Crippen LogP) is 3.22. The van der Waals surface area contributed by atoms with Gasteiger partial charge in [-0.2, -0.15) is 0 Å². The molecule has 87 heavy (non-hydrogen) atoms. The van der Waals surface area contributed by atoms with E-state index in [2.05, 4.69) is 68.7 Å². The fraction of sp³-hybridized carbons (Fsp3) is 0.551. The minimum absolute atomic E-state index is 0.00866. The largest absolute Gasteiger partial charge is 0.509 e. The molecule has 7 heterocycles. The maximum absolute atomic E-state index is 16.5. The van der Waals surface area contributed by atoms with Crippen molar-refractivity contribution in [3.8, 4) is 0 Å². The minimum Gasteiger partial charge on any atom is -0.445 e. The molecular weight excluding hydrogens is 1230 g/mol. The van der Waals surface area contributed by atoms with Crippen molar-refractivity contribution in [2.75, 3.05) is 36.5 Å². The number of alkyl carbamates (subject to hydrolysis) is 1. The van der Waals surface area contributed by atoms with E-state index in [4.69, 9.17) is 70.8 Å². The van der Waals surface area contributed by atoms with Crippen LogP contribution in [0.2, 0.25) is 0 Å². The molecule has 3 aliphatic heterocycles. The monoisotopic (exact) mass is 1290 g/mol. The van der Waals surface area contributed by atoms with E-state index in [1.807, 2.05) is 0 Å². The number of amides is 6. The number of carbonyl (C=O) groups excluding carboxylic acids is 6. The van der Waals surface area contributed by atoms with Gasteiger partial charge in [0.1, 0.15) is 72.9 Å². The lowest BCUT2D eigenvalue weighted by molar-refractivity contribution is -0.132. The molecule has 0 bridgehead atoms. The van der Waals surface area contributed by atoms with Gasteiger partial charge < -0.3 is 76.9 Å². The molecule has 14 atom stereocenters. The zero-order valence-corrected chi connectivity index (χ0v) is 50.3. The molecule has 9 rings (SSSR count). The quantitative estimate of drug-likeness (QED) is 0.0260. The number of nitrogens with two attached hydrogens (primary N) is 3. The predicted molar refractivity (Wildman–Crippen MR) is 309 cm³/mol. The van der Waals surface area contributed by atoms with Gasteiger partial charge in [-0.3, -0.25) is 37.1 Å². The Hall–Kier alpha value is -6.98. The first-order valence-corrected chi connectivity index (χ1v) is 32.7. The van der Waals surface area contributed by atoms with Crippen LogP contribution in [0.3, 0.4) is 0 Å². The second-order valence-electron chi connectivity index (χ2n) is 20.8. The fourth-order valence-corrected chi connectivity index (χ4v) is 13.0. The molecule has 1 aromatic carbocycles. The number of benzene rings is 1. The van der Waals surface area contributed by atoms with Gasteiger partial charge in [0.25, 0.3) is 0 Å². The molecule has 1 aliphatic carbocycles. The number of aromatic nitrogens is 8. The van der Waals surface area contributed by atoms with Gasteiger partial charge in [0.2, 0.25) is 17.7 Å². The summed E-state index contributed by atoms with van der Waals surface area (Å²) in [7, 11) is 0. The molecule has 4 aromatic heterocycles. The fourth-order valence-electron chi connectivity index (χ4n) is 10.1. The van der Waals surface area contributed by atoms with Crippen molar-refractivity contribution < 1.29 is 84.4 Å². The molecule has 12 N–H and O–H groups in total. The number of hydrogen-bond donors (Lipinski definition) is 10. The summed E-state index contributed by atoms with van der Waals surface area (Å²) in [5, 5.41) is 13.4. The number of rotatable bonds is 18. The number of halogens is 1. The molecule has 0 radical (unpaired) electrons. The molecule has 0 spiro atoms. The molecule has 38 heteroatoms. The summed E-state index contributed by atoms with van der Waals surface area (Å²) < 4.78 is 86.2. The number of nitrogens with one attached hydrogen (secondary N) is 5. The van der Waals surface area contributed by atoms with E-state index in [-0.39, 0.29) is 84.6 Å². The number of primary amides is 1. The topological polar surface area (TPSA) is 448 Å². The van der Waals surface area contributed by atoms with Crippen molar-refractivity contribution in [2.24, 2.45) is 11.7 Å². The first-order valence-electron chi connectivity index (χ1n) is 27.4. The van der Waals surface area contributed by atoms with Crippen LogP contribution in [0.15, 0.2) is 49.6 Å². The van der Waals surface area contributed by atoms with Gasteiger partial charge in [-0.15, -0.1) is 0 Å². The van der Waals surface area contributed by atoms with Crippen LogP contribution in [0.5, 0.6) is 0 Å². The second-order valence-corrected chi connectivity index (χ2v) is 26.5. The molecule has 3 unspecified atom stereocenters. The number of fused-ring (bicyclic) bond motifs is 4. The highest BCUT2D eigenvalue weighted by atomic mass is 32.7. The number of alkyl halides is 1. The Bertz CT molecular complexity index is 3430. The Morgan fingerprint density at radius 3 is 2.14 bits per heavy atom. The number of nitrogen functional groups attached to an aromatic ring is 2. The molecular formula is C49H65FN16O17P2S2. The zero-order chi connectivity index (χ0) is 62.3. The molecule has 4 aliphatic rings. The summed E-state index contributed by atoms with van der Waals surface area (Å²) in [6.45, 7) is -5.50.